The molecule has 0 amide bonds. The second kappa shape index (κ2) is 5.14. The van der Waals surface area contributed by atoms with Crippen molar-refractivity contribution in [1.82, 2.24) is 14.8 Å². The van der Waals surface area contributed by atoms with Crippen LogP contribution in [0.5, 0.6) is 5.75 Å². The Morgan fingerprint density at radius 1 is 1.41 bits per heavy atom. The van der Waals surface area contributed by atoms with Gasteiger partial charge in [-0.2, -0.15) is 5.10 Å². The Kier molecular flexibility index (Phi) is 3.58. The maximum absolute atomic E-state index is 5.34. The molecule has 0 unspecified atom stereocenters. The zero-order valence-corrected chi connectivity index (χ0v) is 10.8. The summed E-state index contributed by atoms with van der Waals surface area (Å²) in [6.07, 6.45) is 1.01. The number of nitrogens with one attached hydrogen (secondary N) is 1. The SMILES string of the molecule is CCCn1c(-c2ccccc2OC)n[nH]c1=S. The van der Waals surface area contributed by atoms with E-state index in [9.17, 15) is 0 Å². The van der Waals surface area contributed by atoms with Gasteiger partial charge in [-0.15, -0.1) is 0 Å². The van der Waals surface area contributed by atoms with E-state index >= 15 is 0 Å². The summed E-state index contributed by atoms with van der Waals surface area (Å²) in [6.45, 7) is 2.96. The molecule has 1 N–H and O–H groups in total. The minimum atomic E-state index is 0.646. The molecule has 0 aliphatic rings. The standard InChI is InChI=1S/C12H15N3OS/c1-3-8-15-11(13-14-12(15)17)9-6-4-5-7-10(9)16-2/h4-7H,3,8H2,1-2H3,(H,14,17). The van der Waals surface area contributed by atoms with E-state index in [1.165, 1.54) is 0 Å². The Balaban J connectivity index is 2.56. The fourth-order valence-electron chi connectivity index (χ4n) is 1.78. The molecule has 0 aliphatic heterocycles. The van der Waals surface area contributed by atoms with Crippen molar-refractivity contribution in [3.05, 3.63) is 29.0 Å². The number of methoxy groups -OCH3 is 1. The van der Waals surface area contributed by atoms with E-state index in [4.69, 9.17) is 17.0 Å². The average molecular weight is 249 g/mol. The number of aromatic amines is 1. The van der Waals surface area contributed by atoms with E-state index in [2.05, 4.69) is 17.1 Å². The maximum atomic E-state index is 5.34. The number of ether oxygens (including phenoxy) is 1. The summed E-state index contributed by atoms with van der Waals surface area (Å²) in [5.74, 6) is 1.63. The smallest absolute Gasteiger partial charge is 0.195 e. The zero-order valence-electron chi connectivity index (χ0n) is 9.93. The maximum Gasteiger partial charge on any atom is 0.195 e. The molecular weight excluding hydrogens is 234 g/mol. The highest BCUT2D eigenvalue weighted by Gasteiger charge is 2.12. The molecule has 17 heavy (non-hydrogen) atoms. The minimum absolute atomic E-state index is 0.646. The molecule has 1 aromatic carbocycles. The first kappa shape index (κ1) is 11.9. The molecule has 0 saturated carbocycles. The quantitative estimate of drug-likeness (QED) is 0.847. The Labute approximate surface area is 105 Å². The van der Waals surface area contributed by atoms with Crippen LogP contribution in [-0.4, -0.2) is 21.9 Å². The van der Waals surface area contributed by atoms with Gasteiger partial charge >= 0.3 is 0 Å². The number of para-hydroxylation sites is 1. The van der Waals surface area contributed by atoms with Gasteiger partial charge in [-0.05, 0) is 30.8 Å². The largest absolute Gasteiger partial charge is 0.496 e. The first-order valence-corrected chi connectivity index (χ1v) is 5.97. The fourth-order valence-corrected chi connectivity index (χ4v) is 2.01. The monoisotopic (exact) mass is 249 g/mol. The Bertz CT molecular complexity index is 559. The zero-order chi connectivity index (χ0) is 12.3. The first-order valence-electron chi connectivity index (χ1n) is 5.56. The number of aromatic nitrogens is 3. The summed E-state index contributed by atoms with van der Waals surface area (Å²) < 4.78 is 7.98. The van der Waals surface area contributed by atoms with Gasteiger partial charge in [0.25, 0.3) is 0 Å². The molecule has 4 nitrogen and oxygen atoms in total. The van der Waals surface area contributed by atoms with Crippen molar-refractivity contribution in [3.63, 3.8) is 0 Å². The number of nitrogens with zero attached hydrogens (tertiary/aromatic N) is 2. The molecule has 2 rings (SSSR count). The number of hydrogen-bond acceptors (Lipinski definition) is 3. The lowest BCUT2D eigenvalue weighted by atomic mass is 10.2. The molecule has 0 bridgehead atoms. The van der Waals surface area contributed by atoms with Crippen LogP contribution in [0.3, 0.4) is 0 Å². The molecule has 0 fully saturated rings. The second-order valence-corrected chi connectivity index (χ2v) is 4.09. The number of benzene rings is 1. The van der Waals surface area contributed by atoms with Crippen LogP contribution in [0.15, 0.2) is 24.3 Å². The first-order chi connectivity index (χ1) is 8.27. The molecule has 0 radical (unpaired) electrons. The molecule has 90 valence electrons. The molecule has 5 heteroatoms. The molecule has 1 aromatic heterocycles. The van der Waals surface area contributed by atoms with Crippen LogP contribution in [0.25, 0.3) is 11.4 Å². The topological polar surface area (TPSA) is 42.8 Å². The third-order valence-corrected chi connectivity index (χ3v) is 2.87. The van der Waals surface area contributed by atoms with Gasteiger partial charge in [-0.1, -0.05) is 19.1 Å². The lowest BCUT2D eigenvalue weighted by Crippen LogP contribution is -2.01. The molecule has 0 saturated heterocycles. The van der Waals surface area contributed by atoms with E-state index in [1.54, 1.807) is 7.11 Å². The van der Waals surface area contributed by atoms with Crippen molar-refractivity contribution >= 4 is 12.2 Å². The fraction of sp³-hybridized carbons (Fsp3) is 0.333. The molecule has 1 heterocycles. The van der Waals surface area contributed by atoms with Crippen molar-refractivity contribution in [2.45, 2.75) is 19.9 Å². The highest BCUT2D eigenvalue weighted by atomic mass is 32.1. The van der Waals surface area contributed by atoms with Crippen molar-refractivity contribution in [2.24, 2.45) is 0 Å². The summed E-state index contributed by atoms with van der Waals surface area (Å²) in [4.78, 5) is 0. The van der Waals surface area contributed by atoms with Crippen LogP contribution in [0.1, 0.15) is 13.3 Å². The number of hydrogen-bond donors (Lipinski definition) is 1. The summed E-state index contributed by atoms with van der Waals surface area (Å²) in [7, 11) is 1.66. The van der Waals surface area contributed by atoms with E-state index < -0.39 is 0 Å². The van der Waals surface area contributed by atoms with Gasteiger partial charge in [0, 0.05) is 6.54 Å². The van der Waals surface area contributed by atoms with Gasteiger partial charge in [0.2, 0.25) is 0 Å². The molecule has 0 aliphatic carbocycles. The third-order valence-electron chi connectivity index (χ3n) is 2.55. The van der Waals surface area contributed by atoms with Gasteiger partial charge in [-0.25, -0.2) is 0 Å². The highest BCUT2D eigenvalue weighted by Crippen LogP contribution is 2.28. The minimum Gasteiger partial charge on any atom is -0.496 e. The van der Waals surface area contributed by atoms with Gasteiger partial charge in [0.15, 0.2) is 10.6 Å². The van der Waals surface area contributed by atoms with Crippen LogP contribution < -0.4 is 4.74 Å². The predicted octanol–water partition coefficient (Wildman–Crippen LogP) is 3.03. The van der Waals surface area contributed by atoms with E-state index in [0.717, 1.165) is 30.1 Å². The molecule has 0 atom stereocenters. The van der Waals surface area contributed by atoms with Crippen LogP contribution >= 0.6 is 12.2 Å². The van der Waals surface area contributed by atoms with Crippen LogP contribution in [0.4, 0.5) is 0 Å². The van der Waals surface area contributed by atoms with Crippen molar-refractivity contribution < 1.29 is 4.74 Å². The van der Waals surface area contributed by atoms with E-state index in [1.807, 2.05) is 28.8 Å². The van der Waals surface area contributed by atoms with Gasteiger partial charge in [-0.3, -0.25) is 5.10 Å². The highest BCUT2D eigenvalue weighted by molar-refractivity contribution is 7.71. The Morgan fingerprint density at radius 2 is 2.18 bits per heavy atom. The Morgan fingerprint density at radius 3 is 2.88 bits per heavy atom. The van der Waals surface area contributed by atoms with Crippen LogP contribution in [0.2, 0.25) is 0 Å². The third kappa shape index (κ3) is 2.24. The van der Waals surface area contributed by atoms with Crippen molar-refractivity contribution in [1.29, 1.82) is 0 Å². The normalized spacial score (nSPS) is 10.5. The lowest BCUT2D eigenvalue weighted by Gasteiger charge is -2.09. The van der Waals surface area contributed by atoms with Crippen LogP contribution in [0, 0.1) is 4.77 Å². The lowest BCUT2D eigenvalue weighted by molar-refractivity contribution is 0.416. The number of rotatable bonds is 4. The summed E-state index contributed by atoms with van der Waals surface area (Å²) in [5, 5.41) is 7.11. The number of H-pyrrole nitrogens is 1. The van der Waals surface area contributed by atoms with E-state index in [-0.39, 0.29) is 0 Å². The molecule has 0 spiro atoms. The van der Waals surface area contributed by atoms with Gasteiger partial charge < -0.3 is 9.30 Å². The second-order valence-electron chi connectivity index (χ2n) is 3.70. The summed E-state index contributed by atoms with van der Waals surface area (Å²) in [6, 6.07) is 7.80. The summed E-state index contributed by atoms with van der Waals surface area (Å²) in [5.41, 5.74) is 0.954. The van der Waals surface area contributed by atoms with Gasteiger partial charge in [0.05, 0.1) is 12.7 Å². The van der Waals surface area contributed by atoms with Crippen LogP contribution in [-0.2, 0) is 6.54 Å². The van der Waals surface area contributed by atoms with Crippen molar-refractivity contribution in [3.8, 4) is 17.1 Å². The molecule has 2 aromatic rings. The summed E-state index contributed by atoms with van der Waals surface area (Å²) >= 11 is 5.22. The van der Waals surface area contributed by atoms with Gasteiger partial charge in [0.1, 0.15) is 5.75 Å². The predicted molar refractivity (Wildman–Crippen MR) is 69.7 cm³/mol. The van der Waals surface area contributed by atoms with Crippen molar-refractivity contribution in [2.75, 3.05) is 7.11 Å². The van der Waals surface area contributed by atoms with E-state index in [0.29, 0.717) is 4.77 Å². The Hall–Kier alpha value is -1.62. The molecular formula is C12H15N3OS. The average Bonchev–Trinajstić information content (AvgIpc) is 2.72.